The molecule has 1 N–H and O–H groups in total. The molecule has 0 fully saturated rings. The molecule has 0 aliphatic carbocycles. The molecule has 0 heterocycles. The van der Waals surface area contributed by atoms with Crippen molar-refractivity contribution in [2.45, 2.75) is 46.0 Å². The number of hydrogen-bond acceptors (Lipinski definition) is 1. The molecular weight excluding hydrogens is 188 g/mol. The first kappa shape index (κ1) is 13.9. The van der Waals surface area contributed by atoms with E-state index < -0.39 is 5.97 Å². The molecule has 0 radical (unpaired) electrons. The molecule has 0 aliphatic heterocycles. The molecule has 2 heteroatoms. The molecule has 0 saturated carbocycles. The molecule has 15 heavy (non-hydrogen) atoms. The van der Waals surface area contributed by atoms with Crippen LogP contribution in [0.1, 0.15) is 46.0 Å². The lowest BCUT2D eigenvalue weighted by atomic mass is 9.98. The summed E-state index contributed by atoms with van der Waals surface area (Å²) in [7, 11) is 0. The molecule has 0 spiro atoms. The number of carboxylic acid groups (broad SMARTS) is 1. The number of carbonyl (C=O) groups is 1. The van der Waals surface area contributed by atoms with Gasteiger partial charge in [0.05, 0.1) is 5.92 Å². The third kappa shape index (κ3) is 7.98. The fourth-order valence-electron chi connectivity index (χ4n) is 1.31. The first-order chi connectivity index (χ1) is 6.93. The molecule has 0 bridgehead atoms. The topological polar surface area (TPSA) is 37.3 Å². The maximum atomic E-state index is 10.6. The van der Waals surface area contributed by atoms with Crippen molar-refractivity contribution in [3.05, 3.63) is 24.3 Å². The molecule has 0 rings (SSSR count). The minimum absolute atomic E-state index is 0.261. The van der Waals surface area contributed by atoms with Crippen LogP contribution in [0.25, 0.3) is 0 Å². The Bertz CT molecular complexity index is 241. The van der Waals surface area contributed by atoms with Crippen LogP contribution in [0.3, 0.4) is 0 Å². The van der Waals surface area contributed by atoms with Crippen LogP contribution in [0, 0.1) is 5.92 Å². The van der Waals surface area contributed by atoms with E-state index in [4.69, 9.17) is 5.11 Å². The second kappa shape index (κ2) is 7.27. The minimum atomic E-state index is -0.718. The van der Waals surface area contributed by atoms with Crippen molar-refractivity contribution in [3.63, 3.8) is 0 Å². The van der Waals surface area contributed by atoms with E-state index in [1.54, 1.807) is 6.92 Å². The predicted octanol–water partition coefficient (Wildman–Crippen LogP) is 3.79. The molecule has 0 aliphatic rings. The van der Waals surface area contributed by atoms with E-state index in [0.717, 1.165) is 31.3 Å². The lowest BCUT2D eigenvalue weighted by molar-refractivity contribution is -0.141. The molecule has 1 atom stereocenters. The van der Waals surface area contributed by atoms with Crippen molar-refractivity contribution in [2.24, 2.45) is 5.92 Å². The van der Waals surface area contributed by atoms with Gasteiger partial charge in [0.25, 0.3) is 0 Å². The molecule has 86 valence electrons. The van der Waals surface area contributed by atoms with Crippen LogP contribution in [0.5, 0.6) is 0 Å². The maximum absolute atomic E-state index is 10.6. The summed E-state index contributed by atoms with van der Waals surface area (Å²) in [5.41, 5.74) is 2.35. The summed E-state index contributed by atoms with van der Waals surface area (Å²) in [5, 5.41) is 8.70. The Kier molecular flexibility index (Phi) is 6.76. The Morgan fingerprint density at radius 2 is 1.87 bits per heavy atom. The fourth-order valence-corrected chi connectivity index (χ4v) is 1.31. The Balaban J connectivity index is 3.57. The number of rotatable bonds is 8. The van der Waals surface area contributed by atoms with Crippen molar-refractivity contribution < 1.29 is 9.90 Å². The van der Waals surface area contributed by atoms with Crippen LogP contribution in [0.4, 0.5) is 0 Å². The van der Waals surface area contributed by atoms with Gasteiger partial charge in [-0.1, -0.05) is 24.6 Å². The maximum Gasteiger partial charge on any atom is 0.306 e. The lowest BCUT2D eigenvalue weighted by Gasteiger charge is -2.08. The zero-order valence-corrected chi connectivity index (χ0v) is 9.88. The van der Waals surface area contributed by atoms with E-state index in [1.165, 1.54) is 5.57 Å². The van der Waals surface area contributed by atoms with Crippen LogP contribution in [-0.2, 0) is 4.79 Å². The fraction of sp³-hybridized carbons (Fsp3) is 0.615. The van der Waals surface area contributed by atoms with Crippen LogP contribution in [0.15, 0.2) is 24.3 Å². The second-order valence-corrected chi connectivity index (χ2v) is 4.34. The van der Waals surface area contributed by atoms with E-state index in [0.29, 0.717) is 6.42 Å². The number of allylic oxidation sites excluding steroid dienone is 2. The van der Waals surface area contributed by atoms with Gasteiger partial charge in [-0.2, -0.15) is 0 Å². The number of hydrogen-bond donors (Lipinski definition) is 1. The summed E-state index contributed by atoms with van der Waals surface area (Å²) in [5.74, 6) is -0.979. The zero-order chi connectivity index (χ0) is 11.8. The Morgan fingerprint density at radius 1 is 1.27 bits per heavy atom. The Hall–Kier alpha value is -1.05. The van der Waals surface area contributed by atoms with E-state index >= 15 is 0 Å². The number of carboxylic acids is 1. The van der Waals surface area contributed by atoms with Gasteiger partial charge in [-0.15, -0.1) is 6.58 Å². The van der Waals surface area contributed by atoms with E-state index in [-0.39, 0.29) is 5.92 Å². The summed E-state index contributed by atoms with van der Waals surface area (Å²) in [4.78, 5) is 10.6. The predicted molar refractivity (Wildman–Crippen MR) is 63.8 cm³/mol. The normalized spacial score (nSPS) is 12.1. The second-order valence-electron chi connectivity index (χ2n) is 4.34. The minimum Gasteiger partial charge on any atom is -0.481 e. The SMILES string of the molecule is C=C(C)CCCC(=C)CCC(C)C(=O)O. The van der Waals surface area contributed by atoms with Crippen molar-refractivity contribution >= 4 is 5.97 Å². The molecule has 2 nitrogen and oxygen atoms in total. The van der Waals surface area contributed by atoms with Crippen molar-refractivity contribution in [2.75, 3.05) is 0 Å². The highest BCUT2D eigenvalue weighted by molar-refractivity contribution is 5.69. The van der Waals surface area contributed by atoms with Gasteiger partial charge in [0, 0.05) is 0 Å². The van der Waals surface area contributed by atoms with E-state index in [9.17, 15) is 4.79 Å². The Morgan fingerprint density at radius 3 is 2.33 bits per heavy atom. The highest BCUT2D eigenvalue weighted by atomic mass is 16.4. The van der Waals surface area contributed by atoms with Gasteiger partial charge >= 0.3 is 5.97 Å². The lowest BCUT2D eigenvalue weighted by Crippen LogP contribution is -2.09. The van der Waals surface area contributed by atoms with Gasteiger partial charge in [-0.25, -0.2) is 0 Å². The third-order valence-electron chi connectivity index (χ3n) is 2.49. The molecule has 0 saturated heterocycles. The molecule has 0 aromatic heterocycles. The molecule has 0 amide bonds. The van der Waals surface area contributed by atoms with Gasteiger partial charge in [0.15, 0.2) is 0 Å². The van der Waals surface area contributed by atoms with E-state index in [1.807, 2.05) is 6.92 Å². The highest BCUT2D eigenvalue weighted by Gasteiger charge is 2.10. The van der Waals surface area contributed by atoms with Crippen LogP contribution in [0.2, 0.25) is 0 Å². The summed E-state index contributed by atoms with van der Waals surface area (Å²) in [6, 6.07) is 0. The van der Waals surface area contributed by atoms with Gasteiger partial charge in [0.2, 0.25) is 0 Å². The first-order valence-electron chi connectivity index (χ1n) is 5.47. The average Bonchev–Trinajstić information content (AvgIpc) is 2.13. The van der Waals surface area contributed by atoms with Crippen LogP contribution < -0.4 is 0 Å². The summed E-state index contributed by atoms with van der Waals surface area (Å²) >= 11 is 0. The summed E-state index contributed by atoms with van der Waals surface area (Å²) in [6.07, 6.45) is 4.62. The summed E-state index contributed by atoms with van der Waals surface area (Å²) in [6.45, 7) is 11.6. The Labute approximate surface area is 92.7 Å². The zero-order valence-electron chi connectivity index (χ0n) is 9.88. The van der Waals surface area contributed by atoms with Crippen molar-refractivity contribution in [1.82, 2.24) is 0 Å². The van der Waals surface area contributed by atoms with Crippen LogP contribution >= 0.6 is 0 Å². The first-order valence-corrected chi connectivity index (χ1v) is 5.47. The van der Waals surface area contributed by atoms with Gasteiger partial charge < -0.3 is 5.11 Å². The quantitative estimate of drug-likeness (QED) is 0.619. The van der Waals surface area contributed by atoms with Gasteiger partial charge in [-0.3, -0.25) is 4.79 Å². The molecule has 0 aromatic rings. The van der Waals surface area contributed by atoms with Crippen molar-refractivity contribution in [1.29, 1.82) is 0 Å². The van der Waals surface area contributed by atoms with Crippen LogP contribution in [-0.4, -0.2) is 11.1 Å². The van der Waals surface area contributed by atoms with E-state index in [2.05, 4.69) is 13.2 Å². The van der Waals surface area contributed by atoms with Crippen molar-refractivity contribution in [3.8, 4) is 0 Å². The smallest absolute Gasteiger partial charge is 0.306 e. The number of aliphatic carboxylic acids is 1. The molecule has 1 unspecified atom stereocenters. The molecular formula is C13H22O2. The van der Waals surface area contributed by atoms with Gasteiger partial charge in [0.1, 0.15) is 0 Å². The third-order valence-corrected chi connectivity index (χ3v) is 2.49. The highest BCUT2D eigenvalue weighted by Crippen LogP contribution is 2.17. The average molecular weight is 210 g/mol. The summed E-state index contributed by atoms with van der Waals surface area (Å²) < 4.78 is 0. The molecule has 0 aromatic carbocycles. The largest absolute Gasteiger partial charge is 0.481 e. The standard InChI is InChI=1S/C13H22O2/c1-10(2)6-5-7-11(3)8-9-12(4)13(14)15/h12H,1,3,5-9H2,2,4H3,(H,14,15). The monoisotopic (exact) mass is 210 g/mol. The van der Waals surface area contributed by atoms with Gasteiger partial charge in [-0.05, 0) is 39.0 Å².